The van der Waals surface area contributed by atoms with E-state index in [0.29, 0.717) is 5.91 Å². The average molecular weight is 342 g/mol. The van der Waals surface area contributed by atoms with E-state index in [4.69, 9.17) is 0 Å². The van der Waals surface area contributed by atoms with Crippen LogP contribution in [0.4, 0.5) is 5.82 Å². The van der Waals surface area contributed by atoms with E-state index in [0.717, 1.165) is 61.7 Å². The summed E-state index contributed by atoms with van der Waals surface area (Å²) in [6, 6.07) is 0. The van der Waals surface area contributed by atoms with Crippen LogP contribution in [0.15, 0.2) is 6.20 Å². The molecule has 0 radical (unpaired) electrons. The highest BCUT2D eigenvalue weighted by Gasteiger charge is 2.29. The van der Waals surface area contributed by atoms with Gasteiger partial charge >= 0.3 is 0 Å². The van der Waals surface area contributed by atoms with Gasteiger partial charge in [-0.25, -0.2) is 9.97 Å². The number of carbonyl (C=O) groups excluding carboxylic acids is 1. The fraction of sp³-hybridized carbons (Fsp3) is 0.667. The molecule has 134 valence electrons. The van der Waals surface area contributed by atoms with Gasteiger partial charge in [0.1, 0.15) is 11.6 Å². The van der Waals surface area contributed by atoms with Crippen molar-refractivity contribution in [2.24, 2.45) is 13.0 Å². The van der Waals surface area contributed by atoms with Crippen LogP contribution in [0.1, 0.15) is 37.9 Å². The van der Waals surface area contributed by atoms with E-state index in [1.165, 1.54) is 19.3 Å². The summed E-state index contributed by atoms with van der Waals surface area (Å²) in [5.74, 6) is 2.32. The molecule has 4 rings (SSSR count). The van der Waals surface area contributed by atoms with Crippen molar-refractivity contribution in [3.63, 3.8) is 0 Å². The van der Waals surface area contributed by atoms with Gasteiger partial charge in [-0.2, -0.15) is 5.10 Å². The van der Waals surface area contributed by atoms with E-state index in [1.54, 1.807) is 4.68 Å². The molecule has 1 aliphatic heterocycles. The standard InChI is InChI=1S/C18H26N6O/c1-13-20-16-15(12-19-22(16)2)17(21-13)23-8-10-24(11-9-23)18(25)14-6-4-3-5-7-14/h12,14H,3-11H2,1-2H3. The molecule has 0 N–H and O–H groups in total. The van der Waals surface area contributed by atoms with Gasteiger partial charge in [0.2, 0.25) is 5.91 Å². The Balaban J connectivity index is 1.48. The Morgan fingerprint density at radius 1 is 1.08 bits per heavy atom. The largest absolute Gasteiger partial charge is 0.352 e. The number of anilines is 1. The smallest absolute Gasteiger partial charge is 0.225 e. The first kappa shape index (κ1) is 16.3. The van der Waals surface area contributed by atoms with E-state index in [9.17, 15) is 4.79 Å². The summed E-state index contributed by atoms with van der Waals surface area (Å²) in [6.45, 7) is 5.11. The molecule has 0 atom stereocenters. The minimum absolute atomic E-state index is 0.256. The van der Waals surface area contributed by atoms with Gasteiger partial charge < -0.3 is 9.80 Å². The molecule has 7 heteroatoms. The van der Waals surface area contributed by atoms with Crippen molar-refractivity contribution < 1.29 is 4.79 Å². The van der Waals surface area contributed by atoms with Gasteiger partial charge in [-0.15, -0.1) is 0 Å². The molecule has 7 nitrogen and oxygen atoms in total. The van der Waals surface area contributed by atoms with E-state index >= 15 is 0 Å². The molecule has 3 heterocycles. The van der Waals surface area contributed by atoms with E-state index < -0.39 is 0 Å². The van der Waals surface area contributed by atoms with Crippen LogP contribution in [0.25, 0.3) is 11.0 Å². The number of nitrogens with zero attached hydrogens (tertiary/aromatic N) is 6. The molecule has 1 amide bonds. The Hall–Kier alpha value is -2.18. The summed E-state index contributed by atoms with van der Waals surface area (Å²) in [5.41, 5.74) is 0.864. The Kier molecular flexibility index (Phi) is 4.31. The summed E-state index contributed by atoms with van der Waals surface area (Å²) in [6.07, 6.45) is 7.67. The Morgan fingerprint density at radius 2 is 1.80 bits per heavy atom. The highest BCUT2D eigenvalue weighted by atomic mass is 16.2. The minimum Gasteiger partial charge on any atom is -0.352 e. The van der Waals surface area contributed by atoms with Crippen molar-refractivity contribution in [1.29, 1.82) is 0 Å². The van der Waals surface area contributed by atoms with Crippen LogP contribution in [-0.2, 0) is 11.8 Å². The number of fused-ring (bicyclic) bond motifs is 1. The highest BCUT2D eigenvalue weighted by molar-refractivity contribution is 5.87. The number of piperazine rings is 1. The van der Waals surface area contributed by atoms with Gasteiger partial charge in [0.05, 0.1) is 11.6 Å². The first-order chi connectivity index (χ1) is 12.1. The lowest BCUT2D eigenvalue weighted by Gasteiger charge is -2.37. The lowest BCUT2D eigenvalue weighted by Crippen LogP contribution is -2.50. The number of hydrogen-bond donors (Lipinski definition) is 0. The molecule has 0 aromatic carbocycles. The number of amides is 1. The lowest BCUT2D eigenvalue weighted by molar-refractivity contribution is -0.136. The van der Waals surface area contributed by atoms with Crippen LogP contribution < -0.4 is 4.90 Å². The first-order valence-electron chi connectivity index (χ1n) is 9.33. The molecule has 0 unspecified atom stereocenters. The summed E-state index contributed by atoms with van der Waals surface area (Å²) < 4.78 is 1.79. The third-order valence-electron chi connectivity index (χ3n) is 5.53. The van der Waals surface area contributed by atoms with Crippen molar-refractivity contribution in [2.75, 3.05) is 31.1 Å². The molecule has 1 aliphatic carbocycles. The number of rotatable bonds is 2. The molecule has 2 fully saturated rings. The Labute approximate surface area is 148 Å². The SMILES string of the molecule is Cc1nc(N2CCN(C(=O)C3CCCCC3)CC2)c2cnn(C)c2n1. The molecular weight excluding hydrogens is 316 g/mol. The second-order valence-electron chi connectivity index (χ2n) is 7.25. The predicted octanol–water partition coefficient (Wildman–Crippen LogP) is 1.90. The first-order valence-corrected chi connectivity index (χ1v) is 9.33. The van der Waals surface area contributed by atoms with Gasteiger partial charge in [0.15, 0.2) is 5.65 Å². The molecule has 2 aromatic rings. The highest BCUT2D eigenvalue weighted by Crippen LogP contribution is 2.27. The van der Waals surface area contributed by atoms with E-state index in [-0.39, 0.29) is 5.92 Å². The monoisotopic (exact) mass is 342 g/mol. The van der Waals surface area contributed by atoms with Gasteiger partial charge in [-0.3, -0.25) is 9.48 Å². The van der Waals surface area contributed by atoms with Crippen molar-refractivity contribution in [3.8, 4) is 0 Å². The van der Waals surface area contributed by atoms with Crippen LogP contribution in [0.3, 0.4) is 0 Å². The second kappa shape index (κ2) is 6.61. The van der Waals surface area contributed by atoms with E-state index in [1.807, 2.05) is 20.2 Å². The minimum atomic E-state index is 0.256. The number of aryl methyl sites for hydroxylation is 2. The van der Waals surface area contributed by atoms with Crippen molar-refractivity contribution in [3.05, 3.63) is 12.0 Å². The zero-order valence-electron chi connectivity index (χ0n) is 15.1. The summed E-state index contributed by atoms with van der Waals surface area (Å²) in [7, 11) is 1.90. The van der Waals surface area contributed by atoms with Crippen molar-refractivity contribution in [2.45, 2.75) is 39.0 Å². The molecule has 25 heavy (non-hydrogen) atoms. The molecular formula is C18H26N6O. The fourth-order valence-electron chi connectivity index (χ4n) is 4.10. The zero-order valence-corrected chi connectivity index (χ0v) is 15.1. The van der Waals surface area contributed by atoms with Crippen molar-refractivity contribution in [1.82, 2.24) is 24.6 Å². The Morgan fingerprint density at radius 3 is 2.52 bits per heavy atom. The summed E-state index contributed by atoms with van der Waals surface area (Å²) in [5, 5.41) is 5.31. The fourth-order valence-corrected chi connectivity index (χ4v) is 4.10. The third kappa shape index (κ3) is 3.07. The molecule has 1 saturated heterocycles. The average Bonchev–Trinajstić information content (AvgIpc) is 3.02. The maximum Gasteiger partial charge on any atom is 0.225 e. The normalized spacial score (nSPS) is 19.6. The van der Waals surface area contributed by atoms with Crippen LogP contribution >= 0.6 is 0 Å². The number of aromatic nitrogens is 4. The van der Waals surface area contributed by atoms with E-state index in [2.05, 4.69) is 24.9 Å². The number of carbonyl (C=O) groups is 1. The van der Waals surface area contributed by atoms with Gasteiger partial charge in [0.25, 0.3) is 0 Å². The number of hydrogen-bond acceptors (Lipinski definition) is 5. The quantitative estimate of drug-likeness (QED) is 0.834. The molecule has 2 aliphatic rings. The lowest BCUT2D eigenvalue weighted by atomic mass is 9.88. The van der Waals surface area contributed by atoms with Crippen molar-refractivity contribution >= 4 is 22.8 Å². The summed E-state index contributed by atoms with van der Waals surface area (Å²) in [4.78, 5) is 26.2. The molecule has 2 aromatic heterocycles. The van der Waals surface area contributed by atoms with Crippen LogP contribution in [-0.4, -0.2) is 56.7 Å². The maximum atomic E-state index is 12.7. The molecule has 0 bridgehead atoms. The summed E-state index contributed by atoms with van der Waals surface area (Å²) >= 11 is 0. The topological polar surface area (TPSA) is 67.2 Å². The van der Waals surface area contributed by atoms with Crippen LogP contribution in [0, 0.1) is 12.8 Å². The van der Waals surface area contributed by atoms with Crippen LogP contribution in [0.2, 0.25) is 0 Å². The Bertz CT molecular complexity index is 771. The second-order valence-corrected chi connectivity index (χ2v) is 7.25. The van der Waals surface area contributed by atoms with Gasteiger partial charge in [-0.05, 0) is 19.8 Å². The zero-order chi connectivity index (χ0) is 17.4. The van der Waals surface area contributed by atoms with Gasteiger partial charge in [0, 0.05) is 39.1 Å². The van der Waals surface area contributed by atoms with Gasteiger partial charge in [-0.1, -0.05) is 19.3 Å². The molecule has 1 saturated carbocycles. The maximum absolute atomic E-state index is 12.7. The predicted molar refractivity (Wildman–Crippen MR) is 96.4 cm³/mol. The molecule has 0 spiro atoms. The van der Waals surface area contributed by atoms with Crippen LogP contribution in [0.5, 0.6) is 0 Å². The third-order valence-corrected chi connectivity index (χ3v) is 5.53.